The Balaban J connectivity index is 0.00000280. The van der Waals surface area contributed by atoms with E-state index in [0.29, 0.717) is 31.9 Å². The van der Waals surface area contributed by atoms with E-state index in [1.54, 1.807) is 23.1 Å². The Morgan fingerprint density at radius 2 is 1.68 bits per heavy atom. The van der Waals surface area contributed by atoms with E-state index in [2.05, 4.69) is 4.90 Å². The van der Waals surface area contributed by atoms with Crippen molar-refractivity contribution in [2.45, 2.75) is 19.1 Å². The van der Waals surface area contributed by atoms with Gasteiger partial charge in [-0.1, -0.05) is 18.2 Å². The number of piperazine rings is 1. The van der Waals surface area contributed by atoms with Crippen LogP contribution in [0.1, 0.15) is 24.1 Å². The molecule has 3 rings (SSSR count). The molecule has 1 heterocycles. The lowest BCUT2D eigenvalue weighted by atomic mass is 10.0. The van der Waals surface area contributed by atoms with Crippen molar-refractivity contribution in [2.24, 2.45) is 0 Å². The summed E-state index contributed by atoms with van der Waals surface area (Å²) in [6.45, 7) is 4.39. The van der Waals surface area contributed by atoms with E-state index in [0.717, 1.165) is 11.6 Å². The highest BCUT2D eigenvalue weighted by Crippen LogP contribution is 2.37. The standard InChI is InChI=1S/C20H23F3N2O2.ClH/c1-14(15-7-8-18(26)19(13-15)27-2)24-9-11-25(12-10-24)17-6-4-3-5-16(17)20(21,22)23;/h3-8,13-14,26H,9-12H2,1-2H3;1H. The van der Waals surface area contributed by atoms with E-state index in [1.807, 2.05) is 13.0 Å². The number of ether oxygens (including phenoxy) is 1. The number of benzene rings is 2. The molecule has 8 heteroatoms. The van der Waals surface area contributed by atoms with E-state index in [9.17, 15) is 18.3 Å². The first-order chi connectivity index (χ1) is 12.8. The lowest BCUT2D eigenvalue weighted by Crippen LogP contribution is -2.47. The number of hydrogen-bond acceptors (Lipinski definition) is 4. The third-order valence-electron chi connectivity index (χ3n) is 5.10. The Labute approximate surface area is 168 Å². The molecule has 0 amide bonds. The van der Waals surface area contributed by atoms with Gasteiger partial charge in [-0.25, -0.2) is 0 Å². The van der Waals surface area contributed by atoms with Gasteiger partial charge in [0.2, 0.25) is 0 Å². The summed E-state index contributed by atoms with van der Waals surface area (Å²) in [6, 6.07) is 11.0. The van der Waals surface area contributed by atoms with E-state index < -0.39 is 11.7 Å². The first-order valence-electron chi connectivity index (χ1n) is 8.83. The van der Waals surface area contributed by atoms with Crippen molar-refractivity contribution in [3.63, 3.8) is 0 Å². The Hall–Kier alpha value is -2.12. The maximum Gasteiger partial charge on any atom is 0.418 e. The molecule has 1 atom stereocenters. The summed E-state index contributed by atoms with van der Waals surface area (Å²) in [6.07, 6.45) is -4.36. The molecule has 154 valence electrons. The normalized spacial score (nSPS) is 16.4. The zero-order valence-electron chi connectivity index (χ0n) is 15.7. The summed E-state index contributed by atoms with van der Waals surface area (Å²) < 4.78 is 45.0. The Morgan fingerprint density at radius 3 is 2.29 bits per heavy atom. The van der Waals surface area contributed by atoms with Crippen LogP contribution in [-0.4, -0.2) is 43.3 Å². The zero-order chi connectivity index (χ0) is 19.6. The van der Waals surface area contributed by atoms with Crippen LogP contribution in [0.3, 0.4) is 0 Å². The summed E-state index contributed by atoms with van der Waals surface area (Å²) in [5.74, 6) is 0.499. The smallest absolute Gasteiger partial charge is 0.418 e. The molecule has 0 aromatic heterocycles. The van der Waals surface area contributed by atoms with E-state index in [4.69, 9.17) is 4.74 Å². The lowest BCUT2D eigenvalue weighted by molar-refractivity contribution is -0.137. The van der Waals surface area contributed by atoms with Crippen LogP contribution in [0.5, 0.6) is 11.5 Å². The first-order valence-corrected chi connectivity index (χ1v) is 8.83. The van der Waals surface area contributed by atoms with Crippen LogP contribution < -0.4 is 9.64 Å². The van der Waals surface area contributed by atoms with Crippen LogP contribution >= 0.6 is 12.4 Å². The molecule has 1 unspecified atom stereocenters. The van der Waals surface area contributed by atoms with Gasteiger partial charge in [-0.2, -0.15) is 13.2 Å². The number of hydrogen-bond donors (Lipinski definition) is 1. The number of rotatable bonds is 4. The average Bonchev–Trinajstić information content (AvgIpc) is 2.67. The van der Waals surface area contributed by atoms with Gasteiger partial charge in [0.15, 0.2) is 11.5 Å². The van der Waals surface area contributed by atoms with Gasteiger partial charge in [-0.3, -0.25) is 4.90 Å². The molecule has 1 fully saturated rings. The van der Waals surface area contributed by atoms with Crippen molar-refractivity contribution in [1.82, 2.24) is 4.90 Å². The minimum Gasteiger partial charge on any atom is -0.504 e. The zero-order valence-corrected chi connectivity index (χ0v) is 16.6. The van der Waals surface area contributed by atoms with Crippen molar-refractivity contribution < 1.29 is 23.0 Å². The maximum absolute atomic E-state index is 13.3. The number of alkyl halides is 3. The van der Waals surface area contributed by atoms with Crippen LogP contribution in [0.2, 0.25) is 0 Å². The minimum atomic E-state index is -4.36. The van der Waals surface area contributed by atoms with Gasteiger partial charge in [0.05, 0.1) is 12.7 Å². The predicted octanol–water partition coefficient (Wildman–Crippen LogP) is 4.72. The highest BCUT2D eigenvalue weighted by atomic mass is 35.5. The van der Waals surface area contributed by atoms with Crippen molar-refractivity contribution in [2.75, 3.05) is 38.2 Å². The van der Waals surface area contributed by atoms with Crippen molar-refractivity contribution in [3.8, 4) is 11.5 Å². The molecule has 1 aliphatic heterocycles. The van der Waals surface area contributed by atoms with Gasteiger partial charge in [0.1, 0.15) is 0 Å². The van der Waals surface area contributed by atoms with Gasteiger partial charge in [0.25, 0.3) is 0 Å². The highest BCUT2D eigenvalue weighted by molar-refractivity contribution is 5.85. The topological polar surface area (TPSA) is 35.9 Å². The van der Waals surface area contributed by atoms with Gasteiger partial charge >= 0.3 is 6.18 Å². The van der Waals surface area contributed by atoms with Gasteiger partial charge in [-0.15, -0.1) is 12.4 Å². The van der Waals surface area contributed by atoms with Gasteiger partial charge < -0.3 is 14.7 Å². The molecule has 0 saturated carbocycles. The number of methoxy groups -OCH3 is 1. The molecular formula is C20H24ClF3N2O2. The summed E-state index contributed by atoms with van der Waals surface area (Å²) in [4.78, 5) is 4.02. The molecule has 0 spiro atoms. The quantitative estimate of drug-likeness (QED) is 0.782. The number of nitrogens with zero attached hydrogens (tertiary/aromatic N) is 2. The monoisotopic (exact) mass is 416 g/mol. The fraction of sp³-hybridized carbons (Fsp3) is 0.400. The molecule has 1 N–H and O–H groups in total. The van der Waals surface area contributed by atoms with E-state index >= 15 is 0 Å². The van der Waals surface area contributed by atoms with Gasteiger partial charge in [-0.05, 0) is 36.8 Å². The van der Waals surface area contributed by atoms with E-state index in [-0.39, 0.29) is 29.9 Å². The molecule has 2 aromatic rings. The van der Waals surface area contributed by atoms with Crippen molar-refractivity contribution >= 4 is 18.1 Å². The third-order valence-corrected chi connectivity index (χ3v) is 5.10. The fourth-order valence-corrected chi connectivity index (χ4v) is 3.50. The molecule has 1 aliphatic rings. The summed E-state index contributed by atoms with van der Waals surface area (Å²) in [5.41, 5.74) is 0.646. The first kappa shape index (κ1) is 22.2. The Kier molecular flexibility index (Phi) is 7.06. The minimum absolute atomic E-state index is 0. The predicted molar refractivity (Wildman–Crippen MR) is 106 cm³/mol. The second kappa shape index (κ2) is 8.92. The number of aromatic hydroxyl groups is 1. The number of phenols is 1. The Morgan fingerprint density at radius 1 is 1.04 bits per heavy atom. The number of anilines is 1. The summed E-state index contributed by atoms with van der Waals surface area (Å²) in [5, 5.41) is 9.74. The molecule has 0 bridgehead atoms. The fourth-order valence-electron chi connectivity index (χ4n) is 3.50. The summed E-state index contributed by atoms with van der Waals surface area (Å²) in [7, 11) is 1.50. The molecule has 2 aromatic carbocycles. The molecule has 4 nitrogen and oxygen atoms in total. The lowest BCUT2D eigenvalue weighted by Gasteiger charge is -2.40. The molecular weight excluding hydrogens is 393 g/mol. The van der Waals surface area contributed by atoms with Crippen LogP contribution in [0.4, 0.5) is 18.9 Å². The maximum atomic E-state index is 13.3. The largest absolute Gasteiger partial charge is 0.504 e. The van der Waals surface area contributed by atoms with Crippen LogP contribution in [0.15, 0.2) is 42.5 Å². The van der Waals surface area contributed by atoms with Crippen molar-refractivity contribution in [3.05, 3.63) is 53.6 Å². The van der Waals surface area contributed by atoms with Crippen LogP contribution in [0.25, 0.3) is 0 Å². The van der Waals surface area contributed by atoms with Crippen molar-refractivity contribution in [1.29, 1.82) is 0 Å². The molecule has 0 aliphatic carbocycles. The molecule has 1 saturated heterocycles. The summed E-state index contributed by atoms with van der Waals surface area (Å²) >= 11 is 0. The van der Waals surface area contributed by atoms with Crippen LogP contribution in [-0.2, 0) is 6.18 Å². The molecule has 0 radical (unpaired) electrons. The average molecular weight is 417 g/mol. The Bertz CT molecular complexity index is 793. The second-order valence-electron chi connectivity index (χ2n) is 6.65. The van der Waals surface area contributed by atoms with Crippen LogP contribution in [0, 0.1) is 0 Å². The third kappa shape index (κ3) is 4.64. The second-order valence-corrected chi connectivity index (χ2v) is 6.65. The van der Waals surface area contributed by atoms with Gasteiger partial charge in [0, 0.05) is 37.9 Å². The number of halogens is 4. The molecule has 28 heavy (non-hydrogen) atoms. The number of phenolic OH excluding ortho intramolecular Hbond substituents is 1. The highest BCUT2D eigenvalue weighted by Gasteiger charge is 2.35. The van der Waals surface area contributed by atoms with E-state index in [1.165, 1.54) is 19.2 Å². The SMILES string of the molecule is COc1cc(C(C)N2CCN(c3ccccc3C(F)(F)F)CC2)ccc1O.Cl. The number of para-hydroxylation sites is 1.